The maximum absolute atomic E-state index is 4.51. The second kappa shape index (κ2) is 4.16. The van der Waals surface area contributed by atoms with Gasteiger partial charge in [0.25, 0.3) is 0 Å². The summed E-state index contributed by atoms with van der Waals surface area (Å²) in [6.45, 7) is 8.28. The molecular formula is C13H19N3. The second-order valence-corrected chi connectivity index (χ2v) is 5.07. The van der Waals surface area contributed by atoms with E-state index in [1.807, 2.05) is 6.07 Å². The van der Waals surface area contributed by atoms with Crippen molar-refractivity contribution < 1.29 is 0 Å². The Bertz CT molecular complexity index is 376. The van der Waals surface area contributed by atoms with Crippen LogP contribution in [-0.2, 0) is 0 Å². The predicted molar refractivity (Wildman–Crippen MR) is 69.0 cm³/mol. The van der Waals surface area contributed by atoms with Gasteiger partial charge >= 0.3 is 0 Å². The van der Waals surface area contributed by atoms with E-state index in [1.54, 1.807) is 0 Å². The van der Waals surface area contributed by atoms with E-state index in [1.165, 1.54) is 5.69 Å². The number of rotatable bonds is 1. The largest absolute Gasteiger partial charge is 0.351 e. The topological polar surface area (TPSA) is 27.6 Å². The molecule has 16 heavy (non-hydrogen) atoms. The summed E-state index contributed by atoms with van der Waals surface area (Å²) in [5.41, 5.74) is 1.26. The van der Waals surface area contributed by atoms with Crippen molar-refractivity contribution in [2.24, 2.45) is 4.99 Å². The van der Waals surface area contributed by atoms with Crippen LogP contribution in [0.2, 0.25) is 0 Å². The Morgan fingerprint density at radius 2 is 1.88 bits per heavy atom. The summed E-state index contributed by atoms with van der Waals surface area (Å²) >= 11 is 0. The zero-order chi connectivity index (χ0) is 11.6. The summed E-state index contributed by atoms with van der Waals surface area (Å²) in [5.74, 6) is 0.985. The standard InChI is InChI=1S/C13H19N3/c1-13(2,3)15-12-14-9-10-16(12)11-7-5-4-6-8-11/h4-8H,9-10H2,1-3H3,(H,14,15). The first kappa shape index (κ1) is 11.0. The Kier molecular flexibility index (Phi) is 2.86. The van der Waals surface area contributed by atoms with E-state index in [4.69, 9.17) is 0 Å². The van der Waals surface area contributed by atoms with Gasteiger partial charge in [0.15, 0.2) is 5.96 Å². The minimum absolute atomic E-state index is 0.0518. The van der Waals surface area contributed by atoms with Crippen molar-refractivity contribution in [2.75, 3.05) is 18.0 Å². The van der Waals surface area contributed by atoms with Crippen molar-refractivity contribution in [3.05, 3.63) is 30.3 Å². The molecule has 0 saturated carbocycles. The van der Waals surface area contributed by atoms with Crippen LogP contribution in [0.15, 0.2) is 35.3 Å². The van der Waals surface area contributed by atoms with Crippen LogP contribution in [0.5, 0.6) is 0 Å². The average molecular weight is 217 g/mol. The Balaban J connectivity index is 2.15. The van der Waals surface area contributed by atoms with E-state index >= 15 is 0 Å². The Morgan fingerprint density at radius 1 is 1.19 bits per heavy atom. The molecule has 1 aromatic rings. The van der Waals surface area contributed by atoms with Gasteiger partial charge in [0.05, 0.1) is 6.54 Å². The number of hydrogen-bond acceptors (Lipinski definition) is 3. The average Bonchev–Trinajstić information content (AvgIpc) is 2.64. The fraction of sp³-hybridized carbons (Fsp3) is 0.462. The normalized spacial score (nSPS) is 16.2. The number of guanidine groups is 1. The van der Waals surface area contributed by atoms with Gasteiger partial charge in [-0.3, -0.25) is 4.99 Å². The zero-order valence-electron chi connectivity index (χ0n) is 10.2. The molecule has 0 aromatic heterocycles. The smallest absolute Gasteiger partial charge is 0.199 e. The van der Waals surface area contributed by atoms with Gasteiger partial charge in [0.1, 0.15) is 0 Å². The number of para-hydroxylation sites is 1. The number of aliphatic imine (C=N–C) groups is 1. The summed E-state index contributed by atoms with van der Waals surface area (Å²) in [7, 11) is 0. The van der Waals surface area contributed by atoms with E-state index in [2.05, 4.69) is 60.2 Å². The van der Waals surface area contributed by atoms with Crippen LogP contribution in [0.25, 0.3) is 0 Å². The minimum Gasteiger partial charge on any atom is -0.351 e. The quantitative estimate of drug-likeness (QED) is 0.781. The number of anilines is 1. The van der Waals surface area contributed by atoms with Crippen molar-refractivity contribution in [3.63, 3.8) is 0 Å². The molecule has 0 saturated heterocycles. The highest BCUT2D eigenvalue weighted by Crippen LogP contribution is 2.17. The van der Waals surface area contributed by atoms with Crippen molar-refractivity contribution in [2.45, 2.75) is 26.3 Å². The first-order valence-corrected chi connectivity index (χ1v) is 5.71. The summed E-state index contributed by atoms with van der Waals surface area (Å²) in [6.07, 6.45) is 0. The monoisotopic (exact) mass is 217 g/mol. The van der Waals surface area contributed by atoms with Gasteiger partial charge in [-0.05, 0) is 32.9 Å². The number of nitrogens with one attached hydrogen (secondary N) is 1. The molecule has 3 heteroatoms. The maximum atomic E-state index is 4.51. The molecule has 1 aliphatic heterocycles. The van der Waals surface area contributed by atoms with Gasteiger partial charge in [-0.1, -0.05) is 18.2 Å². The molecule has 0 radical (unpaired) electrons. The van der Waals surface area contributed by atoms with E-state index < -0.39 is 0 Å². The van der Waals surface area contributed by atoms with Crippen LogP contribution >= 0.6 is 0 Å². The number of nitrogens with zero attached hydrogens (tertiary/aromatic N) is 2. The molecule has 1 heterocycles. The first-order chi connectivity index (χ1) is 7.56. The van der Waals surface area contributed by atoms with Crippen LogP contribution in [0, 0.1) is 0 Å². The van der Waals surface area contributed by atoms with Gasteiger partial charge in [-0.15, -0.1) is 0 Å². The third-order valence-electron chi connectivity index (χ3n) is 2.40. The molecule has 1 N–H and O–H groups in total. The Labute approximate surface area is 97.2 Å². The molecule has 3 nitrogen and oxygen atoms in total. The van der Waals surface area contributed by atoms with Crippen molar-refractivity contribution >= 4 is 11.6 Å². The third kappa shape index (κ3) is 2.54. The van der Waals surface area contributed by atoms with E-state index in [-0.39, 0.29) is 5.54 Å². The minimum atomic E-state index is 0.0518. The van der Waals surface area contributed by atoms with Crippen LogP contribution in [0.1, 0.15) is 20.8 Å². The van der Waals surface area contributed by atoms with E-state index in [9.17, 15) is 0 Å². The third-order valence-corrected chi connectivity index (χ3v) is 2.40. The lowest BCUT2D eigenvalue weighted by molar-refractivity contribution is 0.509. The Morgan fingerprint density at radius 3 is 2.50 bits per heavy atom. The summed E-state index contributed by atoms with van der Waals surface area (Å²) in [6, 6.07) is 10.4. The van der Waals surface area contributed by atoms with Gasteiger partial charge < -0.3 is 10.2 Å². The maximum Gasteiger partial charge on any atom is 0.199 e. The summed E-state index contributed by atoms with van der Waals surface area (Å²) < 4.78 is 0. The SMILES string of the molecule is CC(C)(C)NC1=NCCN1c1ccccc1. The zero-order valence-corrected chi connectivity index (χ0v) is 10.2. The van der Waals surface area contributed by atoms with Crippen LogP contribution in [0.4, 0.5) is 5.69 Å². The fourth-order valence-corrected chi connectivity index (χ4v) is 1.75. The van der Waals surface area contributed by atoms with E-state index in [0.717, 1.165) is 19.0 Å². The highest BCUT2D eigenvalue weighted by molar-refractivity contribution is 5.97. The molecule has 86 valence electrons. The molecule has 0 unspecified atom stereocenters. The first-order valence-electron chi connectivity index (χ1n) is 5.71. The fourth-order valence-electron chi connectivity index (χ4n) is 1.75. The molecule has 0 atom stereocenters. The molecule has 0 spiro atoms. The van der Waals surface area contributed by atoms with Crippen LogP contribution < -0.4 is 10.2 Å². The number of benzene rings is 1. The molecule has 0 fully saturated rings. The van der Waals surface area contributed by atoms with Crippen molar-refractivity contribution in [3.8, 4) is 0 Å². The molecule has 2 rings (SSSR count). The molecule has 1 aromatic carbocycles. The van der Waals surface area contributed by atoms with Gasteiger partial charge in [0.2, 0.25) is 0 Å². The molecule has 0 amide bonds. The van der Waals surface area contributed by atoms with Crippen molar-refractivity contribution in [1.82, 2.24) is 5.32 Å². The lowest BCUT2D eigenvalue weighted by atomic mass is 10.1. The lowest BCUT2D eigenvalue weighted by Crippen LogP contribution is -2.47. The van der Waals surface area contributed by atoms with Gasteiger partial charge in [-0.25, -0.2) is 0 Å². The molecule has 0 bridgehead atoms. The van der Waals surface area contributed by atoms with E-state index in [0.29, 0.717) is 0 Å². The molecular weight excluding hydrogens is 198 g/mol. The highest BCUT2D eigenvalue weighted by Gasteiger charge is 2.22. The number of hydrogen-bond donors (Lipinski definition) is 1. The molecule has 0 aliphatic carbocycles. The summed E-state index contributed by atoms with van der Waals surface area (Å²) in [4.78, 5) is 6.74. The highest BCUT2D eigenvalue weighted by atomic mass is 15.3. The van der Waals surface area contributed by atoms with Gasteiger partial charge in [0, 0.05) is 17.8 Å². The van der Waals surface area contributed by atoms with Crippen molar-refractivity contribution in [1.29, 1.82) is 0 Å². The summed E-state index contributed by atoms with van der Waals surface area (Å²) in [5, 5.41) is 3.44. The Hall–Kier alpha value is -1.51. The predicted octanol–water partition coefficient (Wildman–Crippen LogP) is 2.25. The van der Waals surface area contributed by atoms with Gasteiger partial charge in [-0.2, -0.15) is 0 Å². The lowest BCUT2D eigenvalue weighted by Gasteiger charge is -2.28. The van der Waals surface area contributed by atoms with Crippen LogP contribution in [-0.4, -0.2) is 24.6 Å². The molecule has 1 aliphatic rings. The van der Waals surface area contributed by atoms with Crippen LogP contribution in [0.3, 0.4) is 0 Å². The second-order valence-electron chi connectivity index (χ2n) is 5.07.